The van der Waals surface area contributed by atoms with Gasteiger partial charge in [0, 0.05) is 13.5 Å². The third-order valence-corrected chi connectivity index (χ3v) is 5.92. The molecule has 1 atom stereocenters. The van der Waals surface area contributed by atoms with E-state index >= 15 is 0 Å². The number of fused-ring (bicyclic) bond motifs is 1. The van der Waals surface area contributed by atoms with E-state index in [1.54, 1.807) is 30.5 Å². The molecule has 0 bridgehead atoms. The molecule has 27 heavy (non-hydrogen) atoms. The topological polar surface area (TPSA) is 51.7 Å². The zero-order chi connectivity index (χ0) is 19.4. The summed E-state index contributed by atoms with van der Waals surface area (Å²) in [6.45, 7) is 2.02. The van der Waals surface area contributed by atoms with Crippen molar-refractivity contribution in [3.8, 4) is 11.5 Å². The molecular weight excluding hydrogens is 360 g/mol. The van der Waals surface area contributed by atoms with Gasteiger partial charge in [0.05, 0.1) is 30.5 Å². The Balaban J connectivity index is 1.65. The van der Waals surface area contributed by atoms with E-state index in [9.17, 15) is 4.79 Å². The summed E-state index contributed by atoms with van der Waals surface area (Å²) in [4.78, 5) is 19.1. The number of methoxy groups -OCH3 is 2. The van der Waals surface area contributed by atoms with Crippen molar-refractivity contribution in [3.05, 3.63) is 53.0 Å². The Labute approximate surface area is 163 Å². The highest BCUT2D eigenvalue weighted by Crippen LogP contribution is 2.30. The van der Waals surface area contributed by atoms with Crippen LogP contribution in [0.3, 0.4) is 0 Å². The number of hydrogen-bond acceptors (Lipinski definition) is 5. The van der Waals surface area contributed by atoms with Gasteiger partial charge < -0.3 is 14.4 Å². The van der Waals surface area contributed by atoms with Crippen molar-refractivity contribution in [2.75, 3.05) is 21.3 Å². The summed E-state index contributed by atoms with van der Waals surface area (Å²) in [7, 11) is 5.06. The largest absolute Gasteiger partial charge is 0.493 e. The van der Waals surface area contributed by atoms with E-state index in [-0.39, 0.29) is 11.9 Å². The lowest BCUT2D eigenvalue weighted by Gasteiger charge is -2.23. The van der Waals surface area contributed by atoms with E-state index in [0.717, 1.165) is 20.8 Å². The van der Waals surface area contributed by atoms with E-state index in [1.807, 2.05) is 50.4 Å². The van der Waals surface area contributed by atoms with Gasteiger partial charge in [0.2, 0.25) is 5.91 Å². The van der Waals surface area contributed by atoms with Crippen molar-refractivity contribution < 1.29 is 14.3 Å². The Bertz CT molecular complexity index is 905. The molecule has 3 rings (SSSR count). The first-order chi connectivity index (χ1) is 13.0. The van der Waals surface area contributed by atoms with Crippen molar-refractivity contribution in [3.63, 3.8) is 0 Å². The second-order valence-corrected chi connectivity index (χ2v) is 7.45. The normalized spacial score (nSPS) is 12.0. The quantitative estimate of drug-likeness (QED) is 0.603. The van der Waals surface area contributed by atoms with Gasteiger partial charge in [0.1, 0.15) is 5.01 Å². The van der Waals surface area contributed by atoms with Gasteiger partial charge in [-0.25, -0.2) is 4.98 Å². The molecule has 0 aliphatic rings. The fraction of sp³-hybridized carbons (Fsp3) is 0.333. The highest BCUT2D eigenvalue weighted by atomic mass is 32.1. The summed E-state index contributed by atoms with van der Waals surface area (Å²) in [6.07, 6.45) is 1.08. The standard InChI is InChI=1S/C21H24N2O3S/c1-14(21-22-16-7-5-6-8-19(16)27-21)23(2)20(24)12-10-15-9-11-17(25-3)18(13-15)26-4/h5-9,11,13-14H,10,12H2,1-4H3/t14-/m1/s1. The molecule has 0 aliphatic heterocycles. The minimum absolute atomic E-state index is 0.0553. The summed E-state index contributed by atoms with van der Waals surface area (Å²) < 4.78 is 11.7. The molecule has 0 saturated heterocycles. The lowest BCUT2D eigenvalue weighted by Crippen LogP contribution is -2.29. The Kier molecular flexibility index (Phi) is 5.96. The fourth-order valence-electron chi connectivity index (χ4n) is 2.91. The van der Waals surface area contributed by atoms with Crippen LogP contribution in [0, 0.1) is 0 Å². The molecule has 1 aromatic heterocycles. The maximum Gasteiger partial charge on any atom is 0.223 e. The number of carbonyl (C=O) groups excluding carboxylic acids is 1. The third kappa shape index (κ3) is 4.22. The predicted octanol–water partition coefficient (Wildman–Crippen LogP) is 4.47. The number of amides is 1. The van der Waals surface area contributed by atoms with E-state index in [2.05, 4.69) is 11.1 Å². The maximum absolute atomic E-state index is 12.7. The van der Waals surface area contributed by atoms with Crippen LogP contribution in [0.5, 0.6) is 11.5 Å². The number of ether oxygens (including phenoxy) is 2. The molecule has 0 unspecified atom stereocenters. The summed E-state index contributed by atoms with van der Waals surface area (Å²) in [5.41, 5.74) is 2.03. The molecule has 0 N–H and O–H groups in total. The molecule has 142 valence electrons. The Morgan fingerprint density at radius 1 is 1.15 bits per heavy atom. The summed E-state index contributed by atoms with van der Waals surface area (Å²) in [6, 6.07) is 13.7. The van der Waals surface area contributed by atoms with E-state index in [4.69, 9.17) is 9.47 Å². The monoisotopic (exact) mass is 384 g/mol. The zero-order valence-electron chi connectivity index (χ0n) is 16.1. The Morgan fingerprint density at radius 3 is 2.59 bits per heavy atom. The lowest BCUT2D eigenvalue weighted by molar-refractivity contribution is -0.131. The molecular formula is C21H24N2O3S. The average molecular weight is 385 g/mol. The molecule has 0 fully saturated rings. The number of benzene rings is 2. The zero-order valence-corrected chi connectivity index (χ0v) is 16.9. The second-order valence-electron chi connectivity index (χ2n) is 6.39. The highest BCUT2D eigenvalue weighted by Gasteiger charge is 2.20. The SMILES string of the molecule is COc1ccc(CCC(=O)N(C)[C@H](C)c2nc3ccccc3s2)cc1OC. The summed E-state index contributed by atoms with van der Waals surface area (Å²) in [5.74, 6) is 1.46. The van der Waals surface area contributed by atoms with Crippen LogP contribution in [0.25, 0.3) is 10.2 Å². The van der Waals surface area contributed by atoms with Crippen molar-refractivity contribution >= 4 is 27.5 Å². The number of aryl methyl sites for hydroxylation is 1. The van der Waals surface area contributed by atoms with Crippen molar-refractivity contribution in [2.45, 2.75) is 25.8 Å². The van der Waals surface area contributed by atoms with Crippen LogP contribution in [0.4, 0.5) is 0 Å². The third-order valence-electron chi connectivity index (χ3n) is 4.72. The first-order valence-corrected chi connectivity index (χ1v) is 9.67. The smallest absolute Gasteiger partial charge is 0.223 e. The molecule has 0 aliphatic carbocycles. The maximum atomic E-state index is 12.7. The molecule has 2 aromatic carbocycles. The van der Waals surface area contributed by atoms with Gasteiger partial charge in [0.25, 0.3) is 0 Å². The summed E-state index contributed by atoms with van der Waals surface area (Å²) >= 11 is 1.64. The highest BCUT2D eigenvalue weighted by molar-refractivity contribution is 7.18. The number of aromatic nitrogens is 1. The minimum Gasteiger partial charge on any atom is -0.493 e. The molecule has 3 aromatic rings. The van der Waals surface area contributed by atoms with Crippen LogP contribution >= 0.6 is 11.3 Å². The number of hydrogen-bond donors (Lipinski definition) is 0. The van der Waals surface area contributed by atoms with Gasteiger partial charge in [-0.1, -0.05) is 18.2 Å². The van der Waals surface area contributed by atoms with Gasteiger partial charge in [-0.3, -0.25) is 4.79 Å². The van der Waals surface area contributed by atoms with Crippen LogP contribution < -0.4 is 9.47 Å². The molecule has 6 heteroatoms. The predicted molar refractivity (Wildman–Crippen MR) is 109 cm³/mol. The molecule has 0 saturated carbocycles. The molecule has 1 amide bonds. The summed E-state index contributed by atoms with van der Waals surface area (Å²) in [5, 5.41) is 0.957. The van der Waals surface area contributed by atoms with Crippen LogP contribution in [-0.2, 0) is 11.2 Å². The minimum atomic E-state index is -0.0553. The van der Waals surface area contributed by atoms with Crippen LogP contribution in [0.1, 0.15) is 30.0 Å². The Hall–Kier alpha value is -2.60. The lowest BCUT2D eigenvalue weighted by atomic mass is 10.1. The first-order valence-electron chi connectivity index (χ1n) is 8.85. The van der Waals surface area contributed by atoms with Gasteiger partial charge >= 0.3 is 0 Å². The Morgan fingerprint density at radius 2 is 1.89 bits per heavy atom. The number of rotatable bonds is 7. The van der Waals surface area contributed by atoms with Gasteiger partial charge in [-0.2, -0.15) is 0 Å². The fourth-order valence-corrected chi connectivity index (χ4v) is 3.98. The first kappa shape index (κ1) is 19.2. The van der Waals surface area contributed by atoms with Gasteiger partial charge in [0.15, 0.2) is 11.5 Å². The van der Waals surface area contributed by atoms with E-state index in [1.165, 1.54) is 0 Å². The second kappa shape index (κ2) is 8.39. The van der Waals surface area contributed by atoms with E-state index < -0.39 is 0 Å². The van der Waals surface area contributed by atoms with Gasteiger partial charge in [-0.15, -0.1) is 11.3 Å². The van der Waals surface area contributed by atoms with Crippen molar-refractivity contribution in [2.24, 2.45) is 0 Å². The number of nitrogens with zero attached hydrogens (tertiary/aromatic N) is 2. The molecule has 1 heterocycles. The van der Waals surface area contributed by atoms with Crippen molar-refractivity contribution in [1.29, 1.82) is 0 Å². The van der Waals surface area contributed by atoms with E-state index in [0.29, 0.717) is 24.3 Å². The van der Waals surface area contributed by atoms with Crippen LogP contribution in [0.2, 0.25) is 0 Å². The average Bonchev–Trinajstić information content (AvgIpc) is 3.14. The number of para-hydroxylation sites is 1. The number of carbonyl (C=O) groups is 1. The molecule has 0 spiro atoms. The van der Waals surface area contributed by atoms with Crippen LogP contribution in [0.15, 0.2) is 42.5 Å². The number of thiazole rings is 1. The molecule has 5 nitrogen and oxygen atoms in total. The van der Waals surface area contributed by atoms with Gasteiger partial charge in [-0.05, 0) is 43.2 Å². The van der Waals surface area contributed by atoms with Crippen molar-refractivity contribution in [1.82, 2.24) is 9.88 Å². The molecule has 0 radical (unpaired) electrons. The van der Waals surface area contributed by atoms with Crippen LogP contribution in [-0.4, -0.2) is 37.1 Å².